The third-order valence-corrected chi connectivity index (χ3v) is 5.01. The van der Waals surface area contributed by atoms with Crippen molar-refractivity contribution in [1.82, 2.24) is 5.43 Å². The summed E-state index contributed by atoms with van der Waals surface area (Å²) < 4.78 is 5.17. The normalized spacial score (nSPS) is 10.9. The van der Waals surface area contributed by atoms with Gasteiger partial charge in [-0.2, -0.15) is 5.10 Å². The van der Waals surface area contributed by atoms with Gasteiger partial charge in [0.1, 0.15) is 0 Å². The topological polar surface area (TPSA) is 154 Å². The highest BCUT2D eigenvalue weighted by atomic mass is 35.5. The maximum absolute atomic E-state index is 12.4. The number of hydrazone groups is 1. The van der Waals surface area contributed by atoms with E-state index in [2.05, 4.69) is 10.5 Å². The molecule has 182 valence electrons. The molecule has 0 saturated carbocycles. The van der Waals surface area contributed by atoms with Gasteiger partial charge in [0.2, 0.25) is 5.75 Å². The van der Waals surface area contributed by atoms with Crippen molar-refractivity contribution >= 4 is 58.7 Å². The highest BCUT2D eigenvalue weighted by Gasteiger charge is 2.21. The quantitative estimate of drug-likeness (QED) is 0.105. The molecule has 1 amide bonds. The van der Waals surface area contributed by atoms with Gasteiger partial charge in [0.05, 0.1) is 26.6 Å². The minimum Gasteiger partial charge on any atom is -0.415 e. The van der Waals surface area contributed by atoms with Crippen LogP contribution >= 0.6 is 23.2 Å². The minimum atomic E-state index is -0.984. The van der Waals surface area contributed by atoms with Crippen LogP contribution in [0, 0.1) is 20.2 Å². The number of nitrogens with one attached hydrogen (secondary N) is 1. The number of carbonyl (C=O) groups is 2. The van der Waals surface area contributed by atoms with Gasteiger partial charge < -0.3 is 4.74 Å². The van der Waals surface area contributed by atoms with Crippen LogP contribution in [0.25, 0.3) is 6.08 Å². The Kier molecular flexibility index (Phi) is 8.44. The third-order valence-electron chi connectivity index (χ3n) is 4.46. The fourth-order valence-corrected chi connectivity index (χ4v) is 3.33. The number of halogens is 2. The Balaban J connectivity index is 1.80. The van der Waals surface area contributed by atoms with Gasteiger partial charge in [-0.15, -0.1) is 0 Å². The molecule has 13 heteroatoms. The van der Waals surface area contributed by atoms with E-state index in [-0.39, 0.29) is 21.8 Å². The van der Waals surface area contributed by atoms with Crippen molar-refractivity contribution < 1.29 is 24.2 Å². The molecule has 11 nitrogen and oxygen atoms in total. The molecular formula is C23H14Cl2N4O7. The van der Waals surface area contributed by atoms with Crippen LogP contribution in [-0.2, 0) is 4.79 Å². The Bertz CT molecular complexity index is 1420. The van der Waals surface area contributed by atoms with Gasteiger partial charge >= 0.3 is 11.7 Å². The molecule has 0 radical (unpaired) electrons. The number of non-ortho nitro benzene ring substituents is 1. The Morgan fingerprint density at radius 3 is 2.42 bits per heavy atom. The summed E-state index contributed by atoms with van der Waals surface area (Å²) in [6.07, 6.45) is 3.27. The van der Waals surface area contributed by atoms with E-state index in [4.69, 9.17) is 27.9 Å². The zero-order valence-electron chi connectivity index (χ0n) is 18.0. The van der Waals surface area contributed by atoms with Crippen molar-refractivity contribution in [3.63, 3.8) is 0 Å². The predicted molar refractivity (Wildman–Crippen MR) is 132 cm³/mol. The number of nitro groups is 2. The van der Waals surface area contributed by atoms with Gasteiger partial charge in [-0.25, -0.2) is 10.2 Å². The molecule has 3 aromatic carbocycles. The molecule has 3 rings (SSSR count). The molecule has 0 aliphatic carbocycles. The molecule has 0 aromatic heterocycles. The van der Waals surface area contributed by atoms with Crippen LogP contribution in [0.15, 0.2) is 71.8 Å². The summed E-state index contributed by atoms with van der Waals surface area (Å²) in [5.41, 5.74) is 1.97. The molecule has 0 aliphatic rings. The van der Waals surface area contributed by atoms with Crippen molar-refractivity contribution in [2.75, 3.05) is 0 Å². The standard InChI is InChI=1S/C23H14Cl2N4O7/c24-16-8-9-18(19(25)12-16)23(31)27-26-13-15-4-2-6-20(29(34)35)22(15)36-21(30)10-7-14-3-1-5-17(11-14)28(32)33/h1-13H,(H,27,31)/b10-7+,26-13+. The van der Waals surface area contributed by atoms with Crippen LogP contribution in [0.4, 0.5) is 11.4 Å². The molecule has 36 heavy (non-hydrogen) atoms. The average Bonchev–Trinajstić information content (AvgIpc) is 2.83. The largest absolute Gasteiger partial charge is 0.415 e. The molecule has 0 heterocycles. The molecule has 0 aliphatic heterocycles. The SMILES string of the molecule is O=C(/C=C/c1cccc([N+](=O)[O-])c1)Oc1c(/C=N/NC(=O)c2ccc(Cl)cc2Cl)cccc1[N+](=O)[O-]. The van der Waals surface area contributed by atoms with Gasteiger partial charge in [-0.3, -0.25) is 25.0 Å². The minimum absolute atomic E-state index is 0.0174. The number of nitro benzene ring substituents is 2. The van der Waals surface area contributed by atoms with Crippen LogP contribution in [0.5, 0.6) is 5.75 Å². The number of carbonyl (C=O) groups excluding carboxylic acids is 2. The lowest BCUT2D eigenvalue weighted by atomic mass is 10.2. The first-order valence-electron chi connectivity index (χ1n) is 9.86. The van der Waals surface area contributed by atoms with E-state index in [1.165, 1.54) is 60.7 Å². The molecule has 1 N–H and O–H groups in total. The first-order chi connectivity index (χ1) is 17.2. The van der Waals surface area contributed by atoms with Crippen molar-refractivity contribution in [3.05, 3.63) is 114 Å². The number of hydrogen-bond acceptors (Lipinski definition) is 8. The van der Waals surface area contributed by atoms with E-state index in [1.54, 1.807) is 0 Å². The second-order valence-electron chi connectivity index (χ2n) is 6.88. The number of ether oxygens (including phenoxy) is 1. The van der Waals surface area contributed by atoms with E-state index < -0.39 is 33.2 Å². The van der Waals surface area contributed by atoms with Gasteiger partial charge in [-0.05, 0) is 35.9 Å². The zero-order chi connectivity index (χ0) is 26.2. The number of hydrogen-bond donors (Lipinski definition) is 1. The molecule has 3 aromatic rings. The number of para-hydroxylation sites is 1. The summed E-state index contributed by atoms with van der Waals surface area (Å²) in [7, 11) is 0. The monoisotopic (exact) mass is 528 g/mol. The number of amides is 1. The Morgan fingerprint density at radius 1 is 0.972 bits per heavy atom. The predicted octanol–water partition coefficient (Wildman–Crippen LogP) is 5.19. The van der Waals surface area contributed by atoms with Gasteiger partial charge in [0.15, 0.2) is 0 Å². The van der Waals surface area contributed by atoms with Gasteiger partial charge in [0.25, 0.3) is 11.6 Å². The fraction of sp³-hybridized carbons (Fsp3) is 0. The summed E-state index contributed by atoms with van der Waals surface area (Å²) in [6, 6.07) is 13.6. The Hall–Kier alpha value is -4.61. The first kappa shape index (κ1) is 26.0. The summed E-state index contributed by atoms with van der Waals surface area (Å²) in [5.74, 6) is -2.07. The van der Waals surface area contributed by atoms with Crippen molar-refractivity contribution in [2.45, 2.75) is 0 Å². The second kappa shape index (κ2) is 11.7. The lowest BCUT2D eigenvalue weighted by molar-refractivity contribution is -0.385. The zero-order valence-corrected chi connectivity index (χ0v) is 19.5. The highest BCUT2D eigenvalue weighted by Crippen LogP contribution is 2.30. The van der Waals surface area contributed by atoms with Crippen LogP contribution in [0.2, 0.25) is 10.0 Å². The smallest absolute Gasteiger partial charge is 0.336 e. The van der Waals surface area contributed by atoms with Crippen molar-refractivity contribution in [3.8, 4) is 5.75 Å². The molecule has 0 unspecified atom stereocenters. The van der Waals surface area contributed by atoms with Crippen LogP contribution < -0.4 is 10.2 Å². The number of benzene rings is 3. The number of rotatable bonds is 8. The summed E-state index contributed by atoms with van der Waals surface area (Å²) in [6.45, 7) is 0. The lowest BCUT2D eigenvalue weighted by Gasteiger charge is -2.07. The Morgan fingerprint density at radius 2 is 1.72 bits per heavy atom. The molecular weight excluding hydrogens is 515 g/mol. The van der Waals surface area contributed by atoms with Gasteiger partial charge in [-0.1, -0.05) is 41.4 Å². The van der Waals surface area contributed by atoms with E-state index >= 15 is 0 Å². The van der Waals surface area contributed by atoms with Crippen molar-refractivity contribution in [1.29, 1.82) is 0 Å². The molecule has 0 bridgehead atoms. The maximum atomic E-state index is 12.4. The lowest BCUT2D eigenvalue weighted by Crippen LogP contribution is -2.18. The third kappa shape index (κ3) is 6.72. The number of nitrogens with zero attached hydrogens (tertiary/aromatic N) is 3. The molecule has 0 fully saturated rings. The second-order valence-corrected chi connectivity index (χ2v) is 7.73. The maximum Gasteiger partial charge on any atom is 0.336 e. The van der Waals surface area contributed by atoms with E-state index in [0.29, 0.717) is 10.6 Å². The summed E-state index contributed by atoms with van der Waals surface area (Å²) in [4.78, 5) is 45.7. The molecule has 0 saturated heterocycles. The highest BCUT2D eigenvalue weighted by molar-refractivity contribution is 6.36. The van der Waals surface area contributed by atoms with E-state index in [0.717, 1.165) is 18.4 Å². The van der Waals surface area contributed by atoms with Crippen LogP contribution in [-0.4, -0.2) is 27.9 Å². The first-order valence-corrected chi connectivity index (χ1v) is 10.6. The summed E-state index contributed by atoms with van der Waals surface area (Å²) >= 11 is 11.8. The average molecular weight is 529 g/mol. The van der Waals surface area contributed by atoms with E-state index in [1.807, 2.05) is 0 Å². The molecule has 0 atom stereocenters. The van der Waals surface area contributed by atoms with E-state index in [9.17, 15) is 29.8 Å². The molecule has 0 spiro atoms. The summed E-state index contributed by atoms with van der Waals surface area (Å²) in [5, 5.41) is 26.5. The number of esters is 1. The Labute approximate surface area is 212 Å². The van der Waals surface area contributed by atoms with Crippen LogP contribution in [0.1, 0.15) is 21.5 Å². The fourth-order valence-electron chi connectivity index (χ4n) is 2.83. The van der Waals surface area contributed by atoms with Crippen molar-refractivity contribution in [2.24, 2.45) is 5.10 Å². The van der Waals surface area contributed by atoms with Crippen LogP contribution in [0.3, 0.4) is 0 Å². The van der Waals surface area contributed by atoms with Gasteiger partial charge in [0, 0.05) is 34.9 Å².